The van der Waals surface area contributed by atoms with Gasteiger partial charge in [-0.25, -0.2) is 0 Å². The maximum atomic E-state index is 12.4. The van der Waals surface area contributed by atoms with Crippen LogP contribution in [0.25, 0.3) is 0 Å². The van der Waals surface area contributed by atoms with Gasteiger partial charge in [-0.3, -0.25) is 4.79 Å². The number of para-hydroxylation sites is 1. The van der Waals surface area contributed by atoms with Crippen LogP contribution in [0.3, 0.4) is 0 Å². The van der Waals surface area contributed by atoms with Crippen LogP contribution in [-0.4, -0.2) is 5.91 Å². The van der Waals surface area contributed by atoms with Crippen LogP contribution in [0, 0.1) is 0 Å². The van der Waals surface area contributed by atoms with Gasteiger partial charge in [-0.05, 0) is 41.2 Å². The third-order valence-corrected chi connectivity index (χ3v) is 3.61. The number of anilines is 1. The fourth-order valence-corrected chi connectivity index (χ4v) is 2.33. The Bertz CT molecular complexity index is 621. The second-order valence-electron chi connectivity index (χ2n) is 6.30. The minimum atomic E-state index is -0.0608. The molecule has 0 heterocycles. The van der Waals surface area contributed by atoms with E-state index >= 15 is 0 Å². The van der Waals surface area contributed by atoms with E-state index in [1.54, 1.807) is 0 Å². The molecule has 0 atom stereocenters. The molecule has 21 heavy (non-hydrogen) atoms. The molecule has 0 aromatic heterocycles. The van der Waals surface area contributed by atoms with Gasteiger partial charge in [0.25, 0.3) is 5.91 Å². The summed E-state index contributed by atoms with van der Waals surface area (Å²) in [5.74, 6) is -0.0608. The van der Waals surface area contributed by atoms with Gasteiger partial charge in [0.1, 0.15) is 0 Å². The lowest BCUT2D eigenvalue weighted by molar-refractivity contribution is 0.102. The van der Waals surface area contributed by atoms with Crippen LogP contribution in [0.5, 0.6) is 0 Å². The number of benzene rings is 2. The van der Waals surface area contributed by atoms with Gasteiger partial charge in [0, 0.05) is 11.3 Å². The second-order valence-corrected chi connectivity index (χ2v) is 6.30. The Balaban J connectivity index is 2.23. The van der Waals surface area contributed by atoms with Crippen molar-refractivity contribution >= 4 is 11.6 Å². The van der Waals surface area contributed by atoms with E-state index in [1.807, 2.05) is 42.5 Å². The maximum absolute atomic E-state index is 12.4. The van der Waals surface area contributed by atoms with Gasteiger partial charge in [-0.15, -0.1) is 0 Å². The first-order valence-electron chi connectivity index (χ1n) is 7.41. The van der Waals surface area contributed by atoms with E-state index in [0.29, 0.717) is 5.56 Å². The molecule has 0 fully saturated rings. The van der Waals surface area contributed by atoms with Crippen LogP contribution >= 0.6 is 0 Å². The van der Waals surface area contributed by atoms with E-state index in [9.17, 15) is 4.79 Å². The predicted molar refractivity (Wildman–Crippen MR) is 88.9 cm³/mol. The van der Waals surface area contributed by atoms with Gasteiger partial charge in [0.05, 0.1) is 0 Å². The summed E-state index contributed by atoms with van der Waals surface area (Å²) in [7, 11) is 0. The number of amides is 1. The van der Waals surface area contributed by atoms with Crippen molar-refractivity contribution in [2.24, 2.45) is 0 Å². The summed E-state index contributed by atoms with van der Waals surface area (Å²) >= 11 is 0. The Morgan fingerprint density at radius 3 is 2.19 bits per heavy atom. The van der Waals surface area contributed by atoms with Crippen LogP contribution in [0.15, 0.2) is 48.5 Å². The second kappa shape index (κ2) is 6.13. The van der Waals surface area contributed by atoms with Gasteiger partial charge in [-0.2, -0.15) is 0 Å². The molecule has 2 nitrogen and oxygen atoms in total. The van der Waals surface area contributed by atoms with Crippen molar-refractivity contribution in [3.63, 3.8) is 0 Å². The van der Waals surface area contributed by atoms with Crippen LogP contribution in [-0.2, 0) is 11.8 Å². The third kappa shape index (κ3) is 3.72. The SMILES string of the molecule is CCc1ccc(C(=O)Nc2ccccc2C(C)(C)C)cc1. The van der Waals surface area contributed by atoms with Crippen molar-refractivity contribution in [1.29, 1.82) is 0 Å². The molecule has 0 spiro atoms. The quantitative estimate of drug-likeness (QED) is 0.860. The van der Waals surface area contributed by atoms with Gasteiger partial charge < -0.3 is 5.32 Å². The molecular formula is C19H23NO. The Hall–Kier alpha value is -2.09. The monoisotopic (exact) mass is 281 g/mol. The van der Waals surface area contributed by atoms with E-state index in [2.05, 4.69) is 39.1 Å². The summed E-state index contributed by atoms with van der Waals surface area (Å²) in [6, 6.07) is 15.8. The lowest BCUT2D eigenvalue weighted by Crippen LogP contribution is -2.18. The molecule has 0 bridgehead atoms. The van der Waals surface area contributed by atoms with Crippen LogP contribution in [0.2, 0.25) is 0 Å². The van der Waals surface area contributed by atoms with Crippen LogP contribution in [0.4, 0.5) is 5.69 Å². The number of nitrogens with one attached hydrogen (secondary N) is 1. The van der Waals surface area contributed by atoms with Gasteiger partial charge in [0.15, 0.2) is 0 Å². The van der Waals surface area contributed by atoms with Gasteiger partial charge in [0.2, 0.25) is 0 Å². The largest absolute Gasteiger partial charge is 0.322 e. The number of rotatable bonds is 3. The molecule has 1 N–H and O–H groups in total. The highest BCUT2D eigenvalue weighted by molar-refractivity contribution is 6.04. The Kier molecular flexibility index (Phi) is 4.46. The summed E-state index contributed by atoms with van der Waals surface area (Å²) in [5.41, 5.74) is 3.95. The first-order chi connectivity index (χ1) is 9.91. The average Bonchev–Trinajstić information content (AvgIpc) is 2.47. The average molecular weight is 281 g/mol. The standard InChI is InChI=1S/C19H23NO/c1-5-14-10-12-15(13-11-14)18(21)20-17-9-7-6-8-16(17)19(2,3)4/h6-13H,5H2,1-4H3,(H,20,21). The molecule has 110 valence electrons. The van der Waals surface area contributed by atoms with Crippen LogP contribution in [0.1, 0.15) is 49.2 Å². The smallest absolute Gasteiger partial charge is 0.255 e. The molecule has 0 aliphatic rings. The van der Waals surface area contributed by atoms with Crippen molar-refractivity contribution < 1.29 is 4.79 Å². The zero-order valence-corrected chi connectivity index (χ0v) is 13.2. The Morgan fingerprint density at radius 1 is 1.00 bits per heavy atom. The van der Waals surface area contributed by atoms with E-state index in [4.69, 9.17) is 0 Å². The first kappa shape index (κ1) is 15.3. The van der Waals surface area contributed by atoms with Crippen molar-refractivity contribution in [2.75, 3.05) is 5.32 Å². The number of hydrogen-bond acceptors (Lipinski definition) is 1. The highest BCUT2D eigenvalue weighted by Gasteiger charge is 2.18. The van der Waals surface area contributed by atoms with E-state index in [-0.39, 0.29) is 11.3 Å². The lowest BCUT2D eigenvalue weighted by atomic mass is 9.86. The molecular weight excluding hydrogens is 258 g/mol. The number of aryl methyl sites for hydroxylation is 1. The Labute approximate surface area is 127 Å². The lowest BCUT2D eigenvalue weighted by Gasteiger charge is -2.23. The van der Waals surface area contributed by atoms with Crippen molar-refractivity contribution in [3.8, 4) is 0 Å². The zero-order valence-electron chi connectivity index (χ0n) is 13.2. The molecule has 0 aliphatic carbocycles. The summed E-state index contributed by atoms with van der Waals surface area (Å²) in [4.78, 5) is 12.4. The van der Waals surface area contributed by atoms with Crippen LogP contribution < -0.4 is 5.32 Å². The number of carbonyl (C=O) groups is 1. The van der Waals surface area contributed by atoms with E-state index in [1.165, 1.54) is 5.56 Å². The first-order valence-corrected chi connectivity index (χ1v) is 7.41. The maximum Gasteiger partial charge on any atom is 0.255 e. The third-order valence-electron chi connectivity index (χ3n) is 3.61. The molecule has 0 aliphatic heterocycles. The molecule has 0 saturated heterocycles. The molecule has 0 unspecified atom stereocenters. The number of hydrogen-bond donors (Lipinski definition) is 1. The summed E-state index contributed by atoms with van der Waals surface area (Å²) in [6.45, 7) is 8.55. The Morgan fingerprint density at radius 2 is 1.62 bits per heavy atom. The molecule has 2 aromatic rings. The van der Waals surface area contributed by atoms with Crippen molar-refractivity contribution in [3.05, 3.63) is 65.2 Å². The topological polar surface area (TPSA) is 29.1 Å². The molecule has 1 amide bonds. The van der Waals surface area contributed by atoms with Gasteiger partial charge >= 0.3 is 0 Å². The molecule has 0 radical (unpaired) electrons. The summed E-state index contributed by atoms with van der Waals surface area (Å²) < 4.78 is 0. The highest BCUT2D eigenvalue weighted by Crippen LogP contribution is 2.29. The van der Waals surface area contributed by atoms with Gasteiger partial charge in [-0.1, -0.05) is 58.0 Å². The minimum Gasteiger partial charge on any atom is -0.322 e. The molecule has 2 rings (SSSR count). The summed E-state index contributed by atoms with van der Waals surface area (Å²) in [5, 5.41) is 3.03. The van der Waals surface area contributed by atoms with E-state index < -0.39 is 0 Å². The molecule has 2 heteroatoms. The number of carbonyl (C=O) groups excluding carboxylic acids is 1. The van der Waals surface area contributed by atoms with E-state index in [0.717, 1.165) is 17.7 Å². The molecule has 0 saturated carbocycles. The highest BCUT2D eigenvalue weighted by atomic mass is 16.1. The summed E-state index contributed by atoms with van der Waals surface area (Å²) in [6.07, 6.45) is 0.981. The van der Waals surface area contributed by atoms with Crippen molar-refractivity contribution in [2.45, 2.75) is 39.5 Å². The normalized spacial score (nSPS) is 11.2. The van der Waals surface area contributed by atoms with Crippen molar-refractivity contribution in [1.82, 2.24) is 0 Å². The fourth-order valence-electron chi connectivity index (χ4n) is 2.33. The fraction of sp³-hybridized carbons (Fsp3) is 0.316. The predicted octanol–water partition coefficient (Wildman–Crippen LogP) is 4.80. The zero-order chi connectivity index (χ0) is 15.5. The minimum absolute atomic E-state index is 0.00403. The molecule has 2 aromatic carbocycles.